The molecule has 2 aromatic rings. The predicted octanol–water partition coefficient (Wildman–Crippen LogP) is 2.78. The first kappa shape index (κ1) is 21.0. The van der Waals surface area contributed by atoms with Gasteiger partial charge in [-0.3, -0.25) is 4.79 Å². The van der Waals surface area contributed by atoms with Crippen LogP contribution in [0.25, 0.3) is 0 Å². The van der Waals surface area contributed by atoms with E-state index >= 15 is 0 Å². The molecule has 3 rings (SSSR count). The van der Waals surface area contributed by atoms with E-state index in [9.17, 15) is 4.79 Å². The Morgan fingerprint density at radius 2 is 1.97 bits per heavy atom. The van der Waals surface area contributed by atoms with Crippen LogP contribution in [-0.4, -0.2) is 65.4 Å². The summed E-state index contributed by atoms with van der Waals surface area (Å²) in [5, 5.41) is 6.70. The van der Waals surface area contributed by atoms with E-state index in [2.05, 4.69) is 56.7 Å². The fourth-order valence-electron chi connectivity index (χ4n) is 3.42. The van der Waals surface area contributed by atoms with Crippen LogP contribution in [0.4, 0.5) is 11.8 Å². The maximum Gasteiger partial charge on any atom is 0.273 e. The average molecular weight is 397 g/mol. The molecule has 0 saturated carbocycles. The van der Waals surface area contributed by atoms with Crippen molar-refractivity contribution in [1.29, 1.82) is 0 Å². The highest BCUT2D eigenvalue weighted by Gasteiger charge is 2.34. The molecule has 0 aliphatic carbocycles. The molecule has 1 aliphatic heterocycles. The average Bonchev–Trinajstić information content (AvgIpc) is 2.99. The lowest BCUT2D eigenvalue weighted by atomic mass is 10.1. The van der Waals surface area contributed by atoms with Gasteiger partial charge in [0.15, 0.2) is 0 Å². The summed E-state index contributed by atoms with van der Waals surface area (Å²) in [5.74, 6) is 1.24. The number of rotatable bonds is 9. The van der Waals surface area contributed by atoms with Crippen molar-refractivity contribution in [2.24, 2.45) is 0 Å². The van der Waals surface area contributed by atoms with Crippen LogP contribution in [0.1, 0.15) is 41.0 Å². The van der Waals surface area contributed by atoms with Crippen LogP contribution in [0.3, 0.4) is 0 Å². The van der Waals surface area contributed by atoms with Crippen molar-refractivity contribution in [2.45, 2.75) is 39.8 Å². The maximum absolute atomic E-state index is 12.8. The monoisotopic (exact) mass is 396 g/mol. The topological polar surface area (TPSA) is 73.4 Å². The first-order valence-electron chi connectivity index (χ1n) is 10.2. The summed E-state index contributed by atoms with van der Waals surface area (Å²) in [6.45, 7) is 9.04. The number of hydrogen-bond acceptors (Lipinski definition) is 6. The summed E-state index contributed by atoms with van der Waals surface area (Å²) < 4.78 is 0. The molecule has 0 radical (unpaired) electrons. The molecular formula is C22H32N6O. The third-order valence-corrected chi connectivity index (χ3v) is 5.05. The Labute approximate surface area is 173 Å². The molecule has 156 valence electrons. The predicted molar refractivity (Wildman–Crippen MR) is 117 cm³/mol. The summed E-state index contributed by atoms with van der Waals surface area (Å²) >= 11 is 0. The van der Waals surface area contributed by atoms with Crippen molar-refractivity contribution in [3.8, 4) is 0 Å². The number of hydrogen-bond donors (Lipinski definition) is 2. The molecule has 0 bridgehead atoms. The third-order valence-electron chi connectivity index (χ3n) is 5.05. The van der Waals surface area contributed by atoms with Gasteiger partial charge in [-0.2, -0.15) is 4.98 Å². The van der Waals surface area contributed by atoms with Crippen LogP contribution < -0.4 is 10.6 Å². The van der Waals surface area contributed by atoms with Gasteiger partial charge in [-0.05, 0) is 46.9 Å². The molecule has 1 aromatic heterocycles. The lowest BCUT2D eigenvalue weighted by Crippen LogP contribution is -2.31. The second-order valence-electron chi connectivity index (χ2n) is 8.15. The Kier molecular flexibility index (Phi) is 6.69. The number of likely N-dealkylation sites (N-methyl/N-ethyl adjacent to an activating group) is 1. The highest BCUT2D eigenvalue weighted by molar-refractivity contribution is 5.98. The van der Waals surface area contributed by atoms with Gasteiger partial charge in [-0.15, -0.1) is 0 Å². The van der Waals surface area contributed by atoms with Gasteiger partial charge in [0, 0.05) is 31.2 Å². The third kappa shape index (κ3) is 5.23. The molecule has 1 aromatic carbocycles. The molecule has 0 fully saturated rings. The van der Waals surface area contributed by atoms with Crippen molar-refractivity contribution in [2.75, 3.05) is 44.4 Å². The Morgan fingerprint density at radius 1 is 1.17 bits per heavy atom. The van der Waals surface area contributed by atoms with E-state index in [1.165, 1.54) is 11.1 Å². The molecule has 29 heavy (non-hydrogen) atoms. The fourth-order valence-corrected chi connectivity index (χ4v) is 3.42. The molecular weight excluding hydrogens is 364 g/mol. The van der Waals surface area contributed by atoms with Gasteiger partial charge in [0.2, 0.25) is 5.95 Å². The maximum atomic E-state index is 12.8. The number of carbonyl (C=O) groups is 1. The van der Waals surface area contributed by atoms with Crippen LogP contribution in [0.15, 0.2) is 24.3 Å². The number of aromatic nitrogens is 2. The van der Waals surface area contributed by atoms with Gasteiger partial charge in [0.25, 0.3) is 5.91 Å². The van der Waals surface area contributed by atoms with E-state index in [4.69, 9.17) is 0 Å². The van der Waals surface area contributed by atoms with E-state index in [-0.39, 0.29) is 11.9 Å². The molecule has 7 nitrogen and oxygen atoms in total. The Morgan fingerprint density at radius 3 is 2.66 bits per heavy atom. The highest BCUT2D eigenvalue weighted by Crippen LogP contribution is 2.29. The minimum absolute atomic E-state index is 0.0187. The van der Waals surface area contributed by atoms with Gasteiger partial charge >= 0.3 is 0 Å². The summed E-state index contributed by atoms with van der Waals surface area (Å²) in [6.07, 6.45) is 0.895. The molecule has 1 amide bonds. The summed E-state index contributed by atoms with van der Waals surface area (Å²) in [6, 6.07) is 8.65. The van der Waals surface area contributed by atoms with Crippen LogP contribution in [0.5, 0.6) is 0 Å². The number of aryl methyl sites for hydroxylation is 1. The van der Waals surface area contributed by atoms with Gasteiger partial charge in [0.05, 0.1) is 6.54 Å². The van der Waals surface area contributed by atoms with E-state index in [0.717, 1.165) is 37.4 Å². The smallest absolute Gasteiger partial charge is 0.273 e. The lowest BCUT2D eigenvalue weighted by molar-refractivity contribution is 0.0726. The molecule has 2 heterocycles. The van der Waals surface area contributed by atoms with Crippen LogP contribution >= 0.6 is 0 Å². The van der Waals surface area contributed by atoms with Gasteiger partial charge in [-0.25, -0.2) is 4.98 Å². The van der Waals surface area contributed by atoms with Crippen molar-refractivity contribution < 1.29 is 4.79 Å². The lowest BCUT2D eigenvalue weighted by Gasteiger charge is -2.19. The number of nitrogens with zero attached hydrogens (tertiary/aromatic N) is 4. The highest BCUT2D eigenvalue weighted by atomic mass is 16.2. The van der Waals surface area contributed by atoms with E-state index in [1.54, 1.807) is 0 Å². The van der Waals surface area contributed by atoms with Gasteiger partial charge < -0.3 is 20.4 Å². The van der Waals surface area contributed by atoms with E-state index < -0.39 is 0 Å². The Hall–Kier alpha value is -2.67. The number of carbonyl (C=O) groups excluding carboxylic acids is 1. The molecule has 1 aliphatic rings. The number of fused-ring (bicyclic) bond motifs is 1. The minimum atomic E-state index is -0.0187. The summed E-state index contributed by atoms with van der Waals surface area (Å²) in [4.78, 5) is 26.0. The van der Waals surface area contributed by atoms with Crippen molar-refractivity contribution in [3.05, 3.63) is 46.6 Å². The van der Waals surface area contributed by atoms with Crippen molar-refractivity contribution >= 4 is 17.7 Å². The normalized spacial score (nSPS) is 13.3. The summed E-state index contributed by atoms with van der Waals surface area (Å²) in [7, 11) is 4.04. The number of anilines is 2. The SMILES string of the molecule is Cc1cccc(CCNc2nc(NCCN(C)C)nc3c2CN(C(C)C)C3=O)c1. The molecule has 0 atom stereocenters. The van der Waals surface area contributed by atoms with E-state index in [1.807, 2.05) is 32.8 Å². The standard InChI is InChI=1S/C22H32N6O/c1-15(2)28-14-18-19(21(28)29)25-22(24-11-12-27(4)5)26-20(18)23-10-9-17-8-6-7-16(3)13-17/h6-8,13,15H,9-12,14H2,1-5H3,(H2,23,24,25,26). The van der Waals surface area contributed by atoms with Gasteiger partial charge in [0.1, 0.15) is 11.5 Å². The van der Waals surface area contributed by atoms with Crippen LogP contribution in [0.2, 0.25) is 0 Å². The quantitative estimate of drug-likeness (QED) is 0.679. The first-order chi connectivity index (χ1) is 13.8. The Balaban J connectivity index is 1.77. The molecule has 0 unspecified atom stereocenters. The minimum Gasteiger partial charge on any atom is -0.369 e. The zero-order valence-electron chi connectivity index (χ0n) is 18.1. The Bertz CT molecular complexity index is 864. The van der Waals surface area contributed by atoms with E-state index in [0.29, 0.717) is 18.2 Å². The zero-order valence-corrected chi connectivity index (χ0v) is 18.1. The van der Waals surface area contributed by atoms with Crippen molar-refractivity contribution in [1.82, 2.24) is 19.8 Å². The van der Waals surface area contributed by atoms with Gasteiger partial charge in [-0.1, -0.05) is 29.8 Å². The van der Waals surface area contributed by atoms with Crippen LogP contribution in [-0.2, 0) is 13.0 Å². The number of benzene rings is 1. The molecule has 7 heteroatoms. The zero-order chi connectivity index (χ0) is 21.0. The molecule has 2 N–H and O–H groups in total. The number of nitrogens with one attached hydrogen (secondary N) is 2. The largest absolute Gasteiger partial charge is 0.369 e. The van der Waals surface area contributed by atoms with Crippen LogP contribution in [0, 0.1) is 6.92 Å². The first-order valence-corrected chi connectivity index (χ1v) is 10.2. The second-order valence-corrected chi connectivity index (χ2v) is 8.15. The number of amides is 1. The summed E-state index contributed by atoms with van der Waals surface area (Å²) in [5.41, 5.74) is 3.95. The molecule has 0 spiro atoms. The second kappa shape index (κ2) is 9.22. The fraction of sp³-hybridized carbons (Fsp3) is 0.500. The molecule has 0 saturated heterocycles. The van der Waals surface area contributed by atoms with Crippen molar-refractivity contribution in [3.63, 3.8) is 0 Å².